The Balaban J connectivity index is 1.18. The predicted molar refractivity (Wildman–Crippen MR) is 163 cm³/mol. The van der Waals surface area contributed by atoms with Crippen molar-refractivity contribution in [1.82, 2.24) is 10.2 Å². The quantitative estimate of drug-likeness (QED) is 0.291. The number of unbranched alkanes of at least 4 members (excludes halogenated alkanes) is 2. The maximum atomic E-state index is 7.28. The van der Waals surface area contributed by atoms with Gasteiger partial charge in [-0.05, 0) is 67.8 Å². The van der Waals surface area contributed by atoms with Crippen molar-refractivity contribution in [2.24, 2.45) is 4.99 Å². The second-order valence-corrected chi connectivity index (χ2v) is 17.4. The highest BCUT2D eigenvalue weighted by molar-refractivity contribution is 6.99. The minimum absolute atomic E-state index is 0.0297. The van der Waals surface area contributed by atoms with Gasteiger partial charge in [-0.15, -0.1) is 0 Å². The molecule has 5 heteroatoms. The van der Waals surface area contributed by atoms with E-state index in [0.717, 1.165) is 18.5 Å². The minimum atomic E-state index is -2.47. The van der Waals surface area contributed by atoms with Gasteiger partial charge in [-0.1, -0.05) is 101 Å². The first-order valence-electron chi connectivity index (χ1n) is 15.2. The van der Waals surface area contributed by atoms with E-state index in [0.29, 0.717) is 12.1 Å². The van der Waals surface area contributed by atoms with Crippen LogP contribution in [0.15, 0.2) is 65.7 Å². The molecule has 0 saturated carbocycles. The van der Waals surface area contributed by atoms with Gasteiger partial charge in [0.05, 0.1) is 6.04 Å². The zero-order valence-corrected chi connectivity index (χ0v) is 25.3. The molecule has 2 fully saturated rings. The number of nitrogens with zero attached hydrogens (tertiary/aromatic N) is 2. The van der Waals surface area contributed by atoms with Crippen molar-refractivity contribution in [2.75, 3.05) is 0 Å². The van der Waals surface area contributed by atoms with Crippen LogP contribution >= 0.6 is 0 Å². The number of benzene rings is 2. The van der Waals surface area contributed by atoms with Crippen LogP contribution in [0.4, 0.5) is 0 Å². The number of aliphatic imine (C=N–C) groups is 1. The molecule has 0 amide bonds. The van der Waals surface area contributed by atoms with E-state index in [2.05, 4.69) is 105 Å². The lowest BCUT2D eigenvalue weighted by Gasteiger charge is -2.44. The Bertz CT molecular complexity index is 1030. The molecule has 0 aliphatic carbocycles. The van der Waals surface area contributed by atoms with Crippen LogP contribution in [0.25, 0.3) is 0 Å². The fourth-order valence-electron chi connectivity index (χ4n) is 7.40. The standard InChI is InChI=1S/C33H49N3OSi/c1-25-23-28-21-22-29-24-27(35-32(34-25)36(28)29)16-10-6-9-15-26(2)37-38(33(3,4)5,30-17-11-7-12-18-30)31-19-13-8-14-20-31/h7-8,11-14,17-20,25-29H,6,9-10,15-16,21-24H2,1-5H3,(H,34,35)/t25-,26?,27+,28+,29-/m1/s1. The van der Waals surface area contributed by atoms with Gasteiger partial charge in [0.1, 0.15) is 0 Å². The van der Waals surface area contributed by atoms with Crippen LogP contribution in [0.2, 0.25) is 5.04 Å². The molecule has 0 radical (unpaired) electrons. The zero-order chi connectivity index (χ0) is 26.8. The summed E-state index contributed by atoms with van der Waals surface area (Å²) in [5.74, 6) is 1.21. The summed E-state index contributed by atoms with van der Waals surface area (Å²) in [5, 5.41) is 6.46. The van der Waals surface area contributed by atoms with Crippen LogP contribution < -0.4 is 15.7 Å². The largest absolute Gasteiger partial charge is 0.405 e. The van der Waals surface area contributed by atoms with Crippen LogP contribution in [0.5, 0.6) is 0 Å². The van der Waals surface area contributed by atoms with Crippen LogP contribution in [0, 0.1) is 0 Å². The normalized spacial score (nSPS) is 25.9. The molecule has 2 aromatic carbocycles. The third kappa shape index (κ3) is 5.60. The first-order chi connectivity index (χ1) is 18.3. The molecule has 3 aliphatic rings. The van der Waals surface area contributed by atoms with E-state index in [1.165, 1.54) is 67.7 Å². The molecule has 5 atom stereocenters. The van der Waals surface area contributed by atoms with Gasteiger partial charge in [0.2, 0.25) is 0 Å². The van der Waals surface area contributed by atoms with Crippen molar-refractivity contribution in [3.8, 4) is 0 Å². The molecule has 0 aromatic heterocycles. The molecule has 0 spiro atoms. The minimum Gasteiger partial charge on any atom is -0.405 e. The van der Waals surface area contributed by atoms with E-state index in [4.69, 9.17) is 9.42 Å². The maximum Gasteiger partial charge on any atom is 0.261 e. The summed E-state index contributed by atoms with van der Waals surface area (Å²) in [4.78, 5) is 7.81. The van der Waals surface area contributed by atoms with E-state index >= 15 is 0 Å². The van der Waals surface area contributed by atoms with Gasteiger partial charge in [-0.25, -0.2) is 4.99 Å². The molecular formula is C33H49N3OSi. The number of hydrogen-bond donors (Lipinski definition) is 1. The van der Waals surface area contributed by atoms with Crippen LogP contribution in [0.3, 0.4) is 0 Å². The fourth-order valence-corrected chi connectivity index (χ4v) is 12.1. The molecule has 4 nitrogen and oxygen atoms in total. The van der Waals surface area contributed by atoms with E-state index in [1.54, 1.807) is 0 Å². The van der Waals surface area contributed by atoms with Gasteiger partial charge in [0, 0.05) is 24.2 Å². The summed E-state index contributed by atoms with van der Waals surface area (Å²) < 4.78 is 7.28. The second kappa shape index (κ2) is 11.6. The van der Waals surface area contributed by atoms with E-state index < -0.39 is 8.32 Å². The first-order valence-corrected chi connectivity index (χ1v) is 17.1. The number of rotatable bonds is 10. The summed E-state index contributed by atoms with van der Waals surface area (Å²) in [5.41, 5.74) is 0. The summed E-state index contributed by atoms with van der Waals surface area (Å²) in [6.45, 7) is 11.7. The number of guanidine groups is 1. The smallest absolute Gasteiger partial charge is 0.261 e. The van der Waals surface area contributed by atoms with Gasteiger partial charge >= 0.3 is 0 Å². The summed E-state index contributed by atoms with van der Waals surface area (Å²) in [6, 6.07) is 24.6. The lowest BCUT2D eigenvalue weighted by molar-refractivity contribution is 0.191. The van der Waals surface area contributed by atoms with E-state index in [9.17, 15) is 0 Å². The molecular weight excluding hydrogens is 482 g/mol. The first kappa shape index (κ1) is 27.5. The summed E-state index contributed by atoms with van der Waals surface area (Å²) in [6.07, 6.45) is 11.5. The van der Waals surface area contributed by atoms with Gasteiger partial charge in [-0.3, -0.25) is 0 Å². The summed E-state index contributed by atoms with van der Waals surface area (Å²) in [7, 11) is -2.47. The molecule has 206 valence electrons. The monoisotopic (exact) mass is 531 g/mol. The zero-order valence-electron chi connectivity index (χ0n) is 24.3. The highest BCUT2D eigenvalue weighted by Crippen LogP contribution is 2.38. The Morgan fingerprint density at radius 1 is 0.921 bits per heavy atom. The van der Waals surface area contributed by atoms with Crippen molar-refractivity contribution in [2.45, 2.75) is 128 Å². The third-order valence-electron chi connectivity index (χ3n) is 9.16. The molecule has 3 heterocycles. The number of nitrogens with one attached hydrogen (secondary N) is 1. The lowest BCUT2D eigenvalue weighted by Crippen LogP contribution is -2.67. The predicted octanol–water partition coefficient (Wildman–Crippen LogP) is 6.25. The van der Waals surface area contributed by atoms with Crippen molar-refractivity contribution >= 4 is 24.7 Å². The third-order valence-corrected chi connectivity index (χ3v) is 14.3. The van der Waals surface area contributed by atoms with Gasteiger partial charge in [-0.2, -0.15) is 0 Å². The van der Waals surface area contributed by atoms with Crippen LogP contribution in [0.1, 0.15) is 92.4 Å². The molecule has 3 aliphatic heterocycles. The highest BCUT2D eigenvalue weighted by atomic mass is 28.4. The van der Waals surface area contributed by atoms with Gasteiger partial charge in [0.25, 0.3) is 8.32 Å². The molecule has 0 bridgehead atoms. The Hall–Kier alpha value is -2.11. The topological polar surface area (TPSA) is 36.9 Å². The number of hydrogen-bond acceptors (Lipinski definition) is 4. The Morgan fingerprint density at radius 2 is 1.53 bits per heavy atom. The lowest BCUT2D eigenvalue weighted by atomic mass is 9.97. The van der Waals surface area contributed by atoms with E-state index in [-0.39, 0.29) is 11.1 Å². The molecule has 2 saturated heterocycles. The van der Waals surface area contributed by atoms with Crippen molar-refractivity contribution in [3.63, 3.8) is 0 Å². The Labute approximate surface area is 232 Å². The van der Waals surface area contributed by atoms with Gasteiger partial charge in [0.15, 0.2) is 5.96 Å². The Kier molecular flexibility index (Phi) is 8.35. The van der Waals surface area contributed by atoms with Crippen molar-refractivity contribution < 1.29 is 4.43 Å². The SMILES string of the molecule is CC(CCCCC[C@H]1C[C@H]2CC[C@H]3C[C@@H](C)NC(=N1)N23)O[Si](c1ccccc1)(c1ccccc1)C(C)(C)C. The molecule has 1 N–H and O–H groups in total. The van der Waals surface area contributed by atoms with Crippen LogP contribution in [-0.4, -0.2) is 49.4 Å². The molecule has 5 rings (SSSR count). The molecule has 1 unspecified atom stereocenters. The van der Waals surface area contributed by atoms with E-state index in [1.807, 2.05) is 0 Å². The maximum absolute atomic E-state index is 7.28. The average molecular weight is 532 g/mol. The van der Waals surface area contributed by atoms with Crippen LogP contribution in [-0.2, 0) is 4.43 Å². The van der Waals surface area contributed by atoms with Gasteiger partial charge < -0.3 is 14.6 Å². The average Bonchev–Trinajstić information content (AvgIpc) is 3.30. The highest BCUT2D eigenvalue weighted by Gasteiger charge is 2.51. The summed E-state index contributed by atoms with van der Waals surface area (Å²) >= 11 is 0. The molecule has 38 heavy (non-hydrogen) atoms. The van der Waals surface area contributed by atoms with Crippen molar-refractivity contribution in [3.05, 3.63) is 60.7 Å². The molecule has 2 aromatic rings. The fraction of sp³-hybridized carbons (Fsp3) is 0.606. The Morgan fingerprint density at radius 3 is 2.13 bits per heavy atom. The van der Waals surface area contributed by atoms with Crippen molar-refractivity contribution in [1.29, 1.82) is 0 Å². The second-order valence-electron chi connectivity index (χ2n) is 13.1.